The fourth-order valence-electron chi connectivity index (χ4n) is 1.74. The van der Waals surface area contributed by atoms with Gasteiger partial charge in [0.05, 0.1) is 0 Å². The van der Waals surface area contributed by atoms with Crippen LogP contribution in [0.5, 0.6) is 0 Å². The molecule has 54 valence electrons. The first-order chi connectivity index (χ1) is 4.14. The van der Waals surface area contributed by atoms with E-state index in [0.29, 0.717) is 17.9 Å². The first-order valence-corrected chi connectivity index (χ1v) is 3.75. The molecule has 0 aromatic rings. The Labute approximate surface area is 57.1 Å². The largest absolute Gasteiger partial charge is 0.396 e. The fraction of sp³-hybridized carbons (Fsp3) is 1.00. The van der Waals surface area contributed by atoms with Gasteiger partial charge in [0.1, 0.15) is 0 Å². The van der Waals surface area contributed by atoms with E-state index in [-0.39, 0.29) is 0 Å². The van der Waals surface area contributed by atoms with Gasteiger partial charge in [0.25, 0.3) is 0 Å². The van der Waals surface area contributed by atoms with Crippen molar-refractivity contribution in [2.75, 3.05) is 6.61 Å². The molecule has 1 rings (SSSR count). The van der Waals surface area contributed by atoms with E-state index in [1.807, 2.05) is 0 Å². The summed E-state index contributed by atoms with van der Waals surface area (Å²) < 4.78 is 0. The Bertz CT molecular complexity index is 96.7. The molecule has 1 nitrogen and oxygen atoms in total. The zero-order valence-electron chi connectivity index (χ0n) is 6.35. The van der Waals surface area contributed by atoms with E-state index < -0.39 is 0 Å². The van der Waals surface area contributed by atoms with Gasteiger partial charge in [-0.15, -0.1) is 0 Å². The van der Waals surface area contributed by atoms with Crippen molar-refractivity contribution >= 4 is 0 Å². The Kier molecular flexibility index (Phi) is 1.80. The van der Waals surface area contributed by atoms with Crippen LogP contribution < -0.4 is 0 Å². The second-order valence-electron chi connectivity index (χ2n) is 3.96. The molecule has 1 aliphatic rings. The number of aliphatic hydroxyl groups excluding tert-OH is 1. The van der Waals surface area contributed by atoms with Crippen molar-refractivity contribution in [3.05, 3.63) is 0 Å². The molecule has 1 N–H and O–H groups in total. The highest BCUT2D eigenvalue weighted by Crippen LogP contribution is 2.40. The van der Waals surface area contributed by atoms with Gasteiger partial charge in [-0.05, 0) is 30.6 Å². The third-order valence-electron chi connectivity index (χ3n) is 2.33. The van der Waals surface area contributed by atoms with Crippen molar-refractivity contribution < 1.29 is 5.11 Å². The van der Waals surface area contributed by atoms with E-state index in [9.17, 15) is 0 Å². The van der Waals surface area contributed by atoms with Gasteiger partial charge in [-0.3, -0.25) is 0 Å². The highest BCUT2D eigenvalue weighted by Gasteiger charge is 2.29. The van der Waals surface area contributed by atoms with Crippen LogP contribution in [0.2, 0.25) is 0 Å². The molecule has 0 amide bonds. The highest BCUT2D eigenvalue weighted by atomic mass is 16.3. The minimum atomic E-state index is 0.392. The maximum Gasteiger partial charge on any atom is 0.0459 e. The van der Waals surface area contributed by atoms with Gasteiger partial charge in [-0.2, -0.15) is 0 Å². The maximum absolute atomic E-state index is 8.80. The van der Waals surface area contributed by atoms with Crippen molar-refractivity contribution in [3.63, 3.8) is 0 Å². The average Bonchev–Trinajstić information content (AvgIpc) is 2.10. The van der Waals surface area contributed by atoms with Crippen LogP contribution in [0.1, 0.15) is 33.1 Å². The van der Waals surface area contributed by atoms with Gasteiger partial charge < -0.3 is 5.11 Å². The van der Waals surface area contributed by atoms with Crippen molar-refractivity contribution in [2.45, 2.75) is 33.1 Å². The van der Waals surface area contributed by atoms with E-state index in [1.54, 1.807) is 0 Å². The summed E-state index contributed by atoms with van der Waals surface area (Å²) in [5.74, 6) is 0.597. The number of hydrogen-bond acceptors (Lipinski definition) is 1. The summed E-state index contributed by atoms with van der Waals surface area (Å²) in [4.78, 5) is 0. The van der Waals surface area contributed by atoms with Crippen molar-refractivity contribution in [3.8, 4) is 0 Å². The SMILES string of the molecule is CC1(C)CC[C@@H](CO)C1. The molecule has 0 unspecified atom stereocenters. The van der Waals surface area contributed by atoms with E-state index in [4.69, 9.17) is 5.11 Å². The highest BCUT2D eigenvalue weighted by molar-refractivity contribution is 4.81. The van der Waals surface area contributed by atoms with Crippen LogP contribution in [0.4, 0.5) is 0 Å². The molecular formula is C8H16O. The Morgan fingerprint density at radius 1 is 1.56 bits per heavy atom. The lowest BCUT2D eigenvalue weighted by molar-refractivity contribution is 0.218. The van der Waals surface area contributed by atoms with Crippen molar-refractivity contribution in [1.29, 1.82) is 0 Å². The minimum absolute atomic E-state index is 0.392. The summed E-state index contributed by atoms with van der Waals surface area (Å²) >= 11 is 0. The van der Waals surface area contributed by atoms with Crippen LogP contribution >= 0.6 is 0 Å². The molecule has 1 fully saturated rings. The van der Waals surface area contributed by atoms with Gasteiger partial charge in [-0.1, -0.05) is 13.8 Å². The zero-order chi connectivity index (χ0) is 6.91. The molecule has 0 spiro atoms. The maximum atomic E-state index is 8.80. The Balaban J connectivity index is 2.38. The molecule has 0 heterocycles. The number of rotatable bonds is 1. The topological polar surface area (TPSA) is 20.2 Å². The van der Waals surface area contributed by atoms with Crippen LogP contribution in [0.3, 0.4) is 0 Å². The molecule has 0 aromatic heterocycles. The van der Waals surface area contributed by atoms with Crippen LogP contribution in [0.25, 0.3) is 0 Å². The Hall–Kier alpha value is -0.0400. The van der Waals surface area contributed by atoms with E-state index in [2.05, 4.69) is 13.8 Å². The molecule has 0 saturated heterocycles. The molecule has 0 bridgehead atoms. The molecule has 9 heavy (non-hydrogen) atoms. The minimum Gasteiger partial charge on any atom is -0.396 e. The normalized spacial score (nSPS) is 33.0. The smallest absolute Gasteiger partial charge is 0.0459 e. The van der Waals surface area contributed by atoms with Crippen LogP contribution in [-0.2, 0) is 0 Å². The van der Waals surface area contributed by atoms with Gasteiger partial charge in [0, 0.05) is 6.61 Å². The third kappa shape index (κ3) is 1.68. The second-order valence-corrected chi connectivity index (χ2v) is 3.96. The van der Waals surface area contributed by atoms with Gasteiger partial charge in [0.2, 0.25) is 0 Å². The summed E-state index contributed by atoms with van der Waals surface area (Å²) in [5.41, 5.74) is 0.507. The van der Waals surface area contributed by atoms with Crippen LogP contribution in [0, 0.1) is 11.3 Å². The zero-order valence-corrected chi connectivity index (χ0v) is 6.35. The van der Waals surface area contributed by atoms with E-state index in [0.717, 1.165) is 0 Å². The predicted molar refractivity (Wildman–Crippen MR) is 38.2 cm³/mol. The van der Waals surface area contributed by atoms with Gasteiger partial charge in [0.15, 0.2) is 0 Å². The van der Waals surface area contributed by atoms with Crippen molar-refractivity contribution in [2.24, 2.45) is 11.3 Å². The summed E-state index contributed by atoms with van der Waals surface area (Å²) in [6, 6.07) is 0. The molecule has 1 aliphatic carbocycles. The fourth-order valence-corrected chi connectivity index (χ4v) is 1.74. The lowest BCUT2D eigenvalue weighted by atomic mass is 9.91. The molecule has 0 aromatic carbocycles. The molecule has 0 radical (unpaired) electrons. The number of aliphatic hydroxyl groups is 1. The lowest BCUT2D eigenvalue weighted by Crippen LogP contribution is -2.06. The Morgan fingerprint density at radius 3 is 2.44 bits per heavy atom. The monoisotopic (exact) mass is 128 g/mol. The summed E-state index contributed by atoms with van der Waals surface area (Å²) in [7, 11) is 0. The quantitative estimate of drug-likeness (QED) is 0.571. The molecule has 1 saturated carbocycles. The first kappa shape index (κ1) is 7.07. The van der Waals surface area contributed by atoms with Crippen molar-refractivity contribution in [1.82, 2.24) is 0 Å². The predicted octanol–water partition coefficient (Wildman–Crippen LogP) is 1.80. The van der Waals surface area contributed by atoms with Crippen LogP contribution in [0.15, 0.2) is 0 Å². The summed E-state index contributed by atoms with van der Waals surface area (Å²) in [5, 5.41) is 8.80. The van der Waals surface area contributed by atoms with Gasteiger partial charge >= 0.3 is 0 Å². The lowest BCUT2D eigenvalue weighted by Gasteiger charge is -2.15. The third-order valence-corrected chi connectivity index (χ3v) is 2.33. The summed E-state index contributed by atoms with van der Waals surface area (Å²) in [6.07, 6.45) is 3.73. The van der Waals surface area contributed by atoms with E-state index in [1.165, 1.54) is 19.3 Å². The molecule has 0 aliphatic heterocycles. The van der Waals surface area contributed by atoms with Gasteiger partial charge in [-0.25, -0.2) is 0 Å². The average molecular weight is 128 g/mol. The van der Waals surface area contributed by atoms with Crippen LogP contribution in [-0.4, -0.2) is 11.7 Å². The number of hydrogen-bond donors (Lipinski definition) is 1. The molecular weight excluding hydrogens is 112 g/mol. The Morgan fingerprint density at radius 2 is 2.22 bits per heavy atom. The summed E-state index contributed by atoms with van der Waals surface area (Å²) in [6.45, 7) is 4.95. The standard InChI is InChI=1S/C8H16O/c1-8(2)4-3-7(5-8)6-9/h7,9H,3-6H2,1-2H3/t7-/m1/s1. The second kappa shape index (κ2) is 2.30. The molecule has 1 heteroatoms. The van der Waals surface area contributed by atoms with E-state index >= 15 is 0 Å². The first-order valence-electron chi connectivity index (χ1n) is 3.75. The molecule has 1 atom stereocenters.